The average Bonchev–Trinajstić information content (AvgIpc) is 3.43. The maximum absolute atomic E-state index is 12.8. The number of aliphatic hydroxyl groups excluding tert-OH is 2. The number of hydrogen-bond acceptors (Lipinski definition) is 8. The lowest BCUT2D eigenvalue weighted by atomic mass is 9.77. The van der Waals surface area contributed by atoms with Gasteiger partial charge in [-0.1, -0.05) is 35.4 Å². The van der Waals surface area contributed by atoms with Gasteiger partial charge in [0.15, 0.2) is 5.60 Å². The fourth-order valence-corrected chi connectivity index (χ4v) is 6.81. The zero-order chi connectivity index (χ0) is 25.6. The Hall–Kier alpha value is -2.75. The summed E-state index contributed by atoms with van der Waals surface area (Å²) in [6, 6.07) is 16.4. The van der Waals surface area contributed by atoms with E-state index in [1.165, 1.54) is 7.11 Å². The van der Waals surface area contributed by atoms with E-state index in [1.807, 2.05) is 44.2 Å². The molecule has 8 heteroatoms. The second-order valence-corrected chi connectivity index (χ2v) is 11.7. The first-order valence-corrected chi connectivity index (χ1v) is 13.3. The van der Waals surface area contributed by atoms with Crippen LogP contribution >= 0.6 is 22.7 Å². The van der Waals surface area contributed by atoms with E-state index in [4.69, 9.17) is 9.47 Å². The Bertz CT molecular complexity index is 1480. The van der Waals surface area contributed by atoms with Gasteiger partial charge in [-0.05, 0) is 48.9 Å². The molecule has 1 aliphatic carbocycles. The molecule has 0 amide bonds. The molecule has 2 heterocycles. The van der Waals surface area contributed by atoms with Crippen molar-refractivity contribution in [1.29, 1.82) is 0 Å². The van der Waals surface area contributed by atoms with Crippen LogP contribution in [0.25, 0.3) is 20.2 Å². The molecular formula is C28H28O6S2. The summed E-state index contributed by atoms with van der Waals surface area (Å²) in [5, 5.41) is 35.2. The van der Waals surface area contributed by atoms with Gasteiger partial charge >= 0.3 is 5.97 Å². The van der Waals surface area contributed by atoms with Crippen LogP contribution < -0.4 is 0 Å². The van der Waals surface area contributed by atoms with Crippen molar-refractivity contribution < 1.29 is 29.6 Å². The smallest absolute Gasteiger partial charge is 0.342 e. The number of methoxy groups -OCH3 is 1. The number of benzene rings is 2. The molecule has 0 unspecified atom stereocenters. The van der Waals surface area contributed by atoms with Crippen molar-refractivity contribution in [3.8, 4) is 0 Å². The number of carbonyl (C=O) groups is 1. The summed E-state index contributed by atoms with van der Waals surface area (Å²) in [6.45, 7) is 4.19. The second kappa shape index (κ2) is 9.61. The highest BCUT2D eigenvalue weighted by Crippen LogP contribution is 2.40. The molecule has 1 aliphatic rings. The average molecular weight is 525 g/mol. The van der Waals surface area contributed by atoms with Crippen LogP contribution in [0.5, 0.6) is 0 Å². The highest BCUT2D eigenvalue weighted by molar-refractivity contribution is 7.19. The summed E-state index contributed by atoms with van der Waals surface area (Å²) >= 11 is 3.12. The van der Waals surface area contributed by atoms with E-state index in [0.717, 1.165) is 41.1 Å². The maximum Gasteiger partial charge on any atom is 0.342 e. The second-order valence-electron chi connectivity index (χ2n) is 9.38. The molecule has 0 saturated carbocycles. The molecule has 2 aromatic carbocycles. The highest BCUT2D eigenvalue weighted by Gasteiger charge is 2.51. The predicted molar refractivity (Wildman–Crippen MR) is 142 cm³/mol. The third kappa shape index (κ3) is 4.55. The first kappa shape index (κ1) is 24.9. The Balaban J connectivity index is 1.55. The largest absolute Gasteiger partial charge is 0.489 e. The van der Waals surface area contributed by atoms with Crippen molar-refractivity contribution in [3.05, 3.63) is 80.7 Å². The molecule has 3 atom stereocenters. The number of esters is 1. The number of fused-ring (bicyclic) bond motifs is 2. The van der Waals surface area contributed by atoms with Gasteiger partial charge in [0.1, 0.15) is 18.5 Å². The molecular weight excluding hydrogens is 496 g/mol. The van der Waals surface area contributed by atoms with Crippen molar-refractivity contribution in [2.75, 3.05) is 7.11 Å². The van der Waals surface area contributed by atoms with E-state index >= 15 is 0 Å². The summed E-state index contributed by atoms with van der Waals surface area (Å²) in [5.41, 5.74) is 0.389. The van der Waals surface area contributed by atoms with Crippen LogP contribution in [0, 0.1) is 13.8 Å². The minimum atomic E-state index is -2.12. The van der Waals surface area contributed by atoms with Crippen LogP contribution in [0.15, 0.2) is 59.9 Å². The van der Waals surface area contributed by atoms with Crippen molar-refractivity contribution >= 4 is 48.8 Å². The number of ether oxygens (including phenoxy) is 2. The molecule has 0 aliphatic heterocycles. The molecule has 5 rings (SSSR count). The van der Waals surface area contributed by atoms with Gasteiger partial charge in [-0.3, -0.25) is 0 Å². The SMILES string of the molecule is COC(=O)[C@@]1(O)C[C@@H](O)[C@H](O)C(OCc2cc3cc(C)ccc3s2)=C1Cc1cc2cc(C)ccc2s1. The van der Waals surface area contributed by atoms with E-state index < -0.39 is 23.8 Å². The van der Waals surface area contributed by atoms with Crippen LogP contribution in [0.2, 0.25) is 0 Å². The van der Waals surface area contributed by atoms with Gasteiger partial charge < -0.3 is 24.8 Å². The van der Waals surface area contributed by atoms with Gasteiger partial charge in [0.2, 0.25) is 0 Å². The van der Waals surface area contributed by atoms with Gasteiger partial charge in [-0.2, -0.15) is 0 Å². The van der Waals surface area contributed by atoms with Crippen LogP contribution in [0.3, 0.4) is 0 Å². The summed E-state index contributed by atoms with van der Waals surface area (Å²) in [4.78, 5) is 14.6. The van der Waals surface area contributed by atoms with Crippen molar-refractivity contribution in [2.45, 2.75) is 51.1 Å². The summed E-state index contributed by atoms with van der Waals surface area (Å²) < 4.78 is 13.2. The quantitative estimate of drug-likeness (QED) is 0.314. The van der Waals surface area contributed by atoms with Crippen LogP contribution in [0.1, 0.15) is 27.3 Å². The Labute approximate surface area is 217 Å². The van der Waals surface area contributed by atoms with E-state index in [-0.39, 0.29) is 30.8 Å². The molecule has 6 nitrogen and oxygen atoms in total. The van der Waals surface area contributed by atoms with Gasteiger partial charge in [0.05, 0.1) is 13.2 Å². The molecule has 0 saturated heterocycles. The zero-order valence-electron chi connectivity index (χ0n) is 20.3. The maximum atomic E-state index is 12.8. The Kier molecular flexibility index (Phi) is 6.65. The van der Waals surface area contributed by atoms with E-state index in [2.05, 4.69) is 18.2 Å². The lowest BCUT2D eigenvalue weighted by Crippen LogP contribution is -2.53. The van der Waals surface area contributed by atoms with Gasteiger partial charge in [-0.25, -0.2) is 4.79 Å². The van der Waals surface area contributed by atoms with Crippen molar-refractivity contribution in [3.63, 3.8) is 0 Å². The van der Waals surface area contributed by atoms with Crippen LogP contribution in [-0.2, 0) is 27.3 Å². The molecule has 3 N–H and O–H groups in total. The third-order valence-electron chi connectivity index (χ3n) is 6.62. The minimum absolute atomic E-state index is 0.0175. The van der Waals surface area contributed by atoms with E-state index in [1.54, 1.807) is 22.7 Å². The standard InChI is InChI=1S/C28H28O6S2/c1-15-4-6-23-17(8-15)10-19(35-23)12-21-26(25(30)22(29)13-28(21,32)27(31)33-3)34-14-20-11-18-9-16(2)5-7-24(18)36-20/h4-11,22,25,29-30,32H,12-14H2,1-3H3/t22-,25+,28-/m1/s1. The lowest BCUT2D eigenvalue weighted by molar-refractivity contribution is -0.166. The fourth-order valence-electron chi connectivity index (χ4n) is 4.79. The first-order valence-electron chi connectivity index (χ1n) is 11.7. The lowest BCUT2D eigenvalue weighted by Gasteiger charge is -2.38. The Morgan fingerprint density at radius 2 is 1.56 bits per heavy atom. The molecule has 0 fully saturated rings. The van der Waals surface area contributed by atoms with Gasteiger partial charge in [-0.15, -0.1) is 22.7 Å². The van der Waals surface area contributed by atoms with Gasteiger partial charge in [0.25, 0.3) is 0 Å². The van der Waals surface area contributed by atoms with Crippen LogP contribution in [-0.4, -0.2) is 46.2 Å². The summed E-state index contributed by atoms with van der Waals surface area (Å²) in [7, 11) is 1.19. The normalized spacial score (nSPS) is 22.4. The number of rotatable bonds is 6. The molecule has 188 valence electrons. The molecule has 0 radical (unpaired) electrons. The predicted octanol–water partition coefficient (Wildman–Crippen LogP) is 4.78. The fraction of sp³-hybridized carbons (Fsp3) is 0.321. The molecule has 4 aromatic rings. The number of carbonyl (C=O) groups excluding carboxylic acids is 1. The number of thiophene rings is 2. The Morgan fingerprint density at radius 3 is 2.17 bits per heavy atom. The monoisotopic (exact) mass is 524 g/mol. The van der Waals surface area contributed by atoms with Crippen LogP contribution in [0.4, 0.5) is 0 Å². The van der Waals surface area contributed by atoms with Crippen molar-refractivity contribution in [2.24, 2.45) is 0 Å². The molecule has 0 spiro atoms. The minimum Gasteiger partial charge on any atom is -0.489 e. The summed E-state index contributed by atoms with van der Waals surface area (Å²) in [5.74, 6) is -0.872. The molecule has 0 bridgehead atoms. The number of aliphatic hydroxyl groups is 3. The van der Waals surface area contributed by atoms with E-state index in [0.29, 0.717) is 0 Å². The molecule has 2 aromatic heterocycles. The zero-order valence-corrected chi connectivity index (χ0v) is 21.9. The van der Waals surface area contributed by atoms with Crippen molar-refractivity contribution in [1.82, 2.24) is 0 Å². The first-order chi connectivity index (χ1) is 17.2. The highest BCUT2D eigenvalue weighted by atomic mass is 32.1. The number of aryl methyl sites for hydroxylation is 2. The topological polar surface area (TPSA) is 96.2 Å². The Morgan fingerprint density at radius 1 is 0.972 bits per heavy atom. The molecule has 36 heavy (non-hydrogen) atoms. The van der Waals surface area contributed by atoms with E-state index in [9.17, 15) is 20.1 Å². The number of hydrogen-bond donors (Lipinski definition) is 3. The summed E-state index contributed by atoms with van der Waals surface area (Å²) in [6.07, 6.45) is -2.97. The third-order valence-corrected chi connectivity index (χ3v) is 8.83. The van der Waals surface area contributed by atoms with Gasteiger partial charge in [0, 0.05) is 37.6 Å².